The highest BCUT2D eigenvalue weighted by atomic mass is 79.9. The second kappa shape index (κ2) is 5.36. The van der Waals surface area contributed by atoms with Gasteiger partial charge in [-0.15, -0.1) is 0 Å². The van der Waals surface area contributed by atoms with E-state index in [0.717, 1.165) is 30.2 Å². The molecule has 0 aromatic heterocycles. The largest absolute Gasteiger partial charge is 0.391 e. The summed E-state index contributed by atoms with van der Waals surface area (Å²) in [5.41, 5.74) is 5.93. The standard InChI is InChI=1S/C13H15BrN2OS/c14-10-5-3-9(4-6-10)11(17)16-13(12(15)18)7-1-2-8-13/h3-6H,1-2,7-8H2,(H2,15,18)(H,16,17). The molecule has 3 N–H and O–H groups in total. The lowest BCUT2D eigenvalue weighted by Crippen LogP contribution is -2.54. The second-order valence-corrected chi connectivity index (χ2v) is 5.97. The first-order valence-corrected chi connectivity index (χ1v) is 7.12. The molecule has 1 aliphatic rings. The van der Waals surface area contributed by atoms with Gasteiger partial charge in [0.1, 0.15) is 0 Å². The summed E-state index contributed by atoms with van der Waals surface area (Å²) < 4.78 is 0.948. The lowest BCUT2D eigenvalue weighted by molar-refractivity contribution is 0.0924. The molecular formula is C13H15BrN2OS. The fourth-order valence-corrected chi connectivity index (χ4v) is 2.82. The molecule has 1 fully saturated rings. The van der Waals surface area contributed by atoms with E-state index in [0.29, 0.717) is 10.6 Å². The molecule has 1 amide bonds. The van der Waals surface area contributed by atoms with Gasteiger partial charge in [-0.2, -0.15) is 0 Å². The van der Waals surface area contributed by atoms with Crippen molar-refractivity contribution in [2.45, 2.75) is 31.2 Å². The lowest BCUT2D eigenvalue weighted by atomic mass is 9.97. The van der Waals surface area contributed by atoms with Crippen molar-refractivity contribution in [1.82, 2.24) is 5.32 Å². The summed E-state index contributed by atoms with van der Waals surface area (Å²) in [6, 6.07) is 7.25. The monoisotopic (exact) mass is 326 g/mol. The maximum Gasteiger partial charge on any atom is 0.252 e. The smallest absolute Gasteiger partial charge is 0.252 e. The van der Waals surface area contributed by atoms with E-state index in [-0.39, 0.29) is 5.91 Å². The first-order valence-electron chi connectivity index (χ1n) is 5.91. The van der Waals surface area contributed by atoms with Crippen molar-refractivity contribution in [1.29, 1.82) is 0 Å². The molecule has 18 heavy (non-hydrogen) atoms. The maximum atomic E-state index is 12.2. The molecule has 1 saturated carbocycles. The van der Waals surface area contributed by atoms with Gasteiger partial charge in [0.25, 0.3) is 5.91 Å². The number of amides is 1. The van der Waals surface area contributed by atoms with Gasteiger partial charge in [-0.1, -0.05) is 41.0 Å². The fourth-order valence-electron chi connectivity index (χ4n) is 2.30. The highest BCUT2D eigenvalue weighted by Gasteiger charge is 2.38. The molecule has 0 spiro atoms. The summed E-state index contributed by atoms with van der Waals surface area (Å²) in [6.07, 6.45) is 3.78. The molecule has 3 nitrogen and oxygen atoms in total. The zero-order valence-electron chi connectivity index (χ0n) is 9.91. The van der Waals surface area contributed by atoms with Crippen LogP contribution in [0.5, 0.6) is 0 Å². The first-order chi connectivity index (χ1) is 8.53. The minimum atomic E-state index is -0.487. The Labute approximate surface area is 120 Å². The van der Waals surface area contributed by atoms with E-state index in [1.165, 1.54) is 0 Å². The van der Waals surface area contributed by atoms with Crippen LogP contribution < -0.4 is 11.1 Å². The van der Waals surface area contributed by atoms with Crippen LogP contribution in [0.4, 0.5) is 0 Å². The maximum absolute atomic E-state index is 12.2. The van der Waals surface area contributed by atoms with Gasteiger partial charge in [-0.05, 0) is 37.1 Å². The third kappa shape index (κ3) is 2.72. The summed E-state index contributed by atoms with van der Waals surface area (Å²) in [5.74, 6) is -0.114. The van der Waals surface area contributed by atoms with Crippen molar-refractivity contribution in [3.8, 4) is 0 Å². The van der Waals surface area contributed by atoms with Crippen LogP contribution in [0.2, 0.25) is 0 Å². The summed E-state index contributed by atoms with van der Waals surface area (Å²) in [6.45, 7) is 0. The van der Waals surface area contributed by atoms with Gasteiger partial charge in [0.05, 0.1) is 10.5 Å². The molecule has 0 atom stereocenters. The third-order valence-electron chi connectivity index (χ3n) is 3.39. The Morgan fingerprint density at radius 2 is 1.83 bits per heavy atom. The molecule has 0 unspecified atom stereocenters. The molecule has 0 saturated heterocycles. The number of benzene rings is 1. The van der Waals surface area contributed by atoms with E-state index in [1.54, 1.807) is 12.1 Å². The molecule has 0 bridgehead atoms. The van der Waals surface area contributed by atoms with Crippen LogP contribution in [-0.4, -0.2) is 16.4 Å². The Hall–Kier alpha value is -0.940. The van der Waals surface area contributed by atoms with E-state index < -0.39 is 5.54 Å². The molecule has 1 aromatic rings. The molecule has 96 valence electrons. The van der Waals surface area contributed by atoms with Crippen LogP contribution in [0.1, 0.15) is 36.0 Å². The number of halogens is 1. The summed E-state index contributed by atoms with van der Waals surface area (Å²) in [7, 11) is 0. The number of thiocarbonyl (C=S) groups is 1. The van der Waals surface area contributed by atoms with Crippen LogP contribution >= 0.6 is 28.1 Å². The van der Waals surface area contributed by atoms with Gasteiger partial charge in [0, 0.05) is 10.0 Å². The Morgan fingerprint density at radius 1 is 1.28 bits per heavy atom. The molecule has 0 heterocycles. The fraction of sp³-hybridized carbons (Fsp3) is 0.385. The second-order valence-electron chi connectivity index (χ2n) is 4.61. The van der Waals surface area contributed by atoms with Crippen LogP contribution in [0.15, 0.2) is 28.7 Å². The van der Waals surface area contributed by atoms with Gasteiger partial charge in [-0.25, -0.2) is 0 Å². The Morgan fingerprint density at radius 3 is 2.33 bits per heavy atom. The topological polar surface area (TPSA) is 55.1 Å². The normalized spacial score (nSPS) is 17.4. The van der Waals surface area contributed by atoms with E-state index in [2.05, 4.69) is 21.2 Å². The van der Waals surface area contributed by atoms with Gasteiger partial charge >= 0.3 is 0 Å². The van der Waals surface area contributed by atoms with E-state index in [1.807, 2.05) is 12.1 Å². The zero-order chi connectivity index (χ0) is 13.2. The summed E-state index contributed by atoms with van der Waals surface area (Å²) >= 11 is 8.46. The van der Waals surface area contributed by atoms with Crippen molar-refractivity contribution < 1.29 is 4.79 Å². The average Bonchev–Trinajstić information content (AvgIpc) is 2.79. The molecule has 2 rings (SSSR count). The average molecular weight is 327 g/mol. The van der Waals surface area contributed by atoms with E-state index in [9.17, 15) is 4.79 Å². The van der Waals surface area contributed by atoms with Gasteiger partial charge in [0.2, 0.25) is 0 Å². The summed E-state index contributed by atoms with van der Waals surface area (Å²) in [5, 5.41) is 3.01. The molecule has 0 radical (unpaired) electrons. The summed E-state index contributed by atoms with van der Waals surface area (Å²) in [4.78, 5) is 12.6. The zero-order valence-corrected chi connectivity index (χ0v) is 12.3. The van der Waals surface area contributed by atoms with Crippen molar-refractivity contribution in [2.75, 3.05) is 0 Å². The van der Waals surface area contributed by atoms with Crippen LogP contribution in [0.3, 0.4) is 0 Å². The van der Waals surface area contributed by atoms with Gasteiger partial charge < -0.3 is 11.1 Å². The Kier molecular flexibility index (Phi) is 4.02. The number of hydrogen-bond acceptors (Lipinski definition) is 2. The number of carbonyl (C=O) groups is 1. The predicted octanol–water partition coefficient (Wildman–Crippen LogP) is 2.78. The molecule has 0 aliphatic heterocycles. The van der Waals surface area contributed by atoms with E-state index in [4.69, 9.17) is 18.0 Å². The molecular weight excluding hydrogens is 312 g/mol. The minimum Gasteiger partial charge on any atom is -0.391 e. The van der Waals surface area contributed by atoms with Crippen LogP contribution in [0.25, 0.3) is 0 Å². The lowest BCUT2D eigenvalue weighted by Gasteiger charge is -2.29. The van der Waals surface area contributed by atoms with Crippen molar-refractivity contribution >= 4 is 39.0 Å². The van der Waals surface area contributed by atoms with Gasteiger partial charge in [-0.3, -0.25) is 4.79 Å². The quantitative estimate of drug-likeness (QED) is 0.840. The van der Waals surface area contributed by atoms with Crippen molar-refractivity contribution in [3.05, 3.63) is 34.3 Å². The third-order valence-corrected chi connectivity index (χ3v) is 4.31. The number of nitrogens with one attached hydrogen (secondary N) is 1. The van der Waals surface area contributed by atoms with Gasteiger partial charge in [0.15, 0.2) is 0 Å². The Bertz CT molecular complexity index is 466. The number of carbonyl (C=O) groups excluding carboxylic acids is 1. The molecule has 1 aliphatic carbocycles. The highest BCUT2D eigenvalue weighted by molar-refractivity contribution is 9.10. The number of hydrogen-bond donors (Lipinski definition) is 2. The van der Waals surface area contributed by atoms with Crippen LogP contribution in [-0.2, 0) is 0 Å². The van der Waals surface area contributed by atoms with Crippen molar-refractivity contribution in [2.24, 2.45) is 5.73 Å². The van der Waals surface area contributed by atoms with E-state index >= 15 is 0 Å². The highest BCUT2D eigenvalue weighted by Crippen LogP contribution is 2.30. The van der Waals surface area contributed by atoms with Crippen molar-refractivity contribution in [3.63, 3.8) is 0 Å². The minimum absolute atomic E-state index is 0.114. The van der Waals surface area contributed by atoms with Crippen LogP contribution in [0, 0.1) is 0 Å². The molecule has 5 heteroatoms. The number of rotatable bonds is 3. The number of nitrogens with two attached hydrogens (primary N) is 1. The Balaban J connectivity index is 2.15. The predicted molar refractivity (Wildman–Crippen MR) is 79.6 cm³/mol. The first kappa shape index (κ1) is 13.5. The SMILES string of the molecule is NC(=S)C1(NC(=O)c2ccc(Br)cc2)CCCC1. The molecule has 1 aromatic carbocycles.